The maximum Gasteiger partial charge on any atom is 0.191 e. The molecule has 0 amide bonds. The van der Waals surface area contributed by atoms with Crippen molar-refractivity contribution in [2.75, 3.05) is 39.3 Å². The van der Waals surface area contributed by atoms with Crippen molar-refractivity contribution in [3.05, 3.63) is 35.4 Å². The fourth-order valence-corrected chi connectivity index (χ4v) is 4.69. The second-order valence-electron chi connectivity index (χ2n) is 8.77. The van der Waals surface area contributed by atoms with Gasteiger partial charge in [0.25, 0.3) is 0 Å². The van der Waals surface area contributed by atoms with Crippen molar-refractivity contribution < 1.29 is 4.74 Å². The van der Waals surface area contributed by atoms with E-state index in [1.54, 1.807) is 0 Å². The van der Waals surface area contributed by atoms with E-state index in [9.17, 15) is 0 Å². The molecule has 0 radical (unpaired) electrons. The molecular formula is C24H42IN5O. The van der Waals surface area contributed by atoms with Crippen molar-refractivity contribution in [2.24, 2.45) is 4.99 Å². The highest BCUT2D eigenvalue weighted by Gasteiger charge is 2.23. The summed E-state index contributed by atoms with van der Waals surface area (Å²) in [5, 5.41) is 6.93. The van der Waals surface area contributed by atoms with Crippen LogP contribution in [0.3, 0.4) is 0 Å². The fourth-order valence-electron chi connectivity index (χ4n) is 4.69. The number of benzene rings is 1. The Balaban J connectivity index is 0.00000341. The molecule has 3 rings (SSSR count). The van der Waals surface area contributed by atoms with Crippen molar-refractivity contribution in [2.45, 2.75) is 71.9 Å². The van der Waals surface area contributed by atoms with E-state index in [-0.39, 0.29) is 24.0 Å². The van der Waals surface area contributed by atoms with Gasteiger partial charge in [-0.05, 0) is 57.8 Å². The Morgan fingerprint density at radius 3 is 2.39 bits per heavy atom. The molecule has 31 heavy (non-hydrogen) atoms. The maximum atomic E-state index is 5.84. The number of guanidine groups is 1. The number of aliphatic imine (C=N–C) groups is 1. The molecule has 2 fully saturated rings. The lowest BCUT2D eigenvalue weighted by molar-refractivity contribution is -0.0704. The highest BCUT2D eigenvalue weighted by atomic mass is 127. The highest BCUT2D eigenvalue weighted by Crippen LogP contribution is 2.16. The lowest BCUT2D eigenvalue weighted by Gasteiger charge is -2.35. The minimum atomic E-state index is 0. The zero-order valence-corrected chi connectivity index (χ0v) is 22.1. The predicted molar refractivity (Wildman–Crippen MR) is 140 cm³/mol. The molecule has 176 valence electrons. The first kappa shape index (κ1) is 26.4. The second-order valence-corrected chi connectivity index (χ2v) is 8.77. The molecule has 2 N–H and O–H groups in total. The van der Waals surface area contributed by atoms with Crippen LogP contribution in [0.1, 0.15) is 51.7 Å². The molecule has 3 atom stereocenters. The summed E-state index contributed by atoms with van der Waals surface area (Å²) in [6.45, 7) is 16.6. The number of nitrogens with zero attached hydrogens (tertiary/aromatic N) is 3. The number of rotatable bonds is 8. The molecule has 0 aromatic heterocycles. The Morgan fingerprint density at radius 1 is 1.06 bits per heavy atom. The minimum Gasteiger partial charge on any atom is -0.373 e. The average Bonchev–Trinajstić information content (AvgIpc) is 3.18. The Kier molecular flexibility index (Phi) is 11.6. The van der Waals surface area contributed by atoms with Crippen LogP contribution in [-0.2, 0) is 17.8 Å². The summed E-state index contributed by atoms with van der Waals surface area (Å²) in [4.78, 5) is 9.86. The molecule has 3 unspecified atom stereocenters. The first-order valence-electron chi connectivity index (χ1n) is 11.8. The lowest BCUT2D eigenvalue weighted by Crippen LogP contribution is -2.44. The van der Waals surface area contributed by atoms with Crippen LogP contribution in [0.25, 0.3) is 0 Å². The number of nitrogens with one attached hydrogen (secondary N) is 2. The molecular weight excluding hydrogens is 501 g/mol. The third-order valence-electron chi connectivity index (χ3n) is 6.10. The van der Waals surface area contributed by atoms with E-state index in [2.05, 4.69) is 72.4 Å². The van der Waals surface area contributed by atoms with E-state index in [4.69, 9.17) is 9.73 Å². The van der Waals surface area contributed by atoms with Crippen LogP contribution in [0.4, 0.5) is 0 Å². The van der Waals surface area contributed by atoms with E-state index in [1.807, 2.05) is 0 Å². The number of morpholine rings is 1. The molecule has 2 saturated heterocycles. The van der Waals surface area contributed by atoms with Gasteiger partial charge in [0.1, 0.15) is 0 Å². The van der Waals surface area contributed by atoms with Crippen LogP contribution >= 0.6 is 24.0 Å². The Bertz CT molecular complexity index is 658. The smallest absolute Gasteiger partial charge is 0.191 e. The fraction of sp³-hybridized carbons (Fsp3) is 0.708. The lowest BCUT2D eigenvalue weighted by atomic mass is 10.1. The Labute approximate surface area is 206 Å². The Morgan fingerprint density at radius 2 is 1.74 bits per heavy atom. The van der Waals surface area contributed by atoms with E-state index in [0.29, 0.717) is 24.8 Å². The first-order valence-corrected chi connectivity index (χ1v) is 11.8. The van der Waals surface area contributed by atoms with Crippen molar-refractivity contribution >= 4 is 29.9 Å². The highest BCUT2D eigenvalue weighted by molar-refractivity contribution is 14.0. The predicted octanol–water partition coefficient (Wildman–Crippen LogP) is 3.45. The minimum absolute atomic E-state index is 0. The number of hydrogen-bond acceptors (Lipinski definition) is 4. The third kappa shape index (κ3) is 8.51. The van der Waals surface area contributed by atoms with E-state index in [0.717, 1.165) is 45.2 Å². The summed E-state index contributed by atoms with van der Waals surface area (Å²) in [5.74, 6) is 0.917. The molecule has 6 nitrogen and oxygen atoms in total. The quantitative estimate of drug-likeness (QED) is 0.299. The molecule has 0 saturated carbocycles. The van der Waals surface area contributed by atoms with E-state index in [1.165, 1.54) is 30.5 Å². The number of halogens is 1. The molecule has 0 bridgehead atoms. The van der Waals surface area contributed by atoms with Gasteiger partial charge in [-0.15, -0.1) is 24.0 Å². The second kappa shape index (κ2) is 13.6. The van der Waals surface area contributed by atoms with Crippen LogP contribution < -0.4 is 10.6 Å². The Hall–Kier alpha value is -0.900. The molecule has 2 heterocycles. The van der Waals surface area contributed by atoms with Crippen LogP contribution in [0.15, 0.2) is 29.3 Å². The molecule has 0 aliphatic carbocycles. The van der Waals surface area contributed by atoms with Gasteiger partial charge < -0.3 is 15.4 Å². The SMILES string of the molecule is CCNC(=NCc1ccc(CN2CC(C)OC(C)C2)cc1)NCC1CCCN1CC.I. The van der Waals surface area contributed by atoms with Gasteiger partial charge in [0.2, 0.25) is 0 Å². The molecule has 1 aromatic rings. The molecule has 2 aliphatic heterocycles. The van der Waals surface area contributed by atoms with E-state index >= 15 is 0 Å². The van der Waals surface area contributed by atoms with Gasteiger partial charge in [-0.2, -0.15) is 0 Å². The van der Waals surface area contributed by atoms with Crippen LogP contribution in [0, 0.1) is 0 Å². The van der Waals surface area contributed by atoms with Crippen molar-refractivity contribution in [3.8, 4) is 0 Å². The van der Waals surface area contributed by atoms with Crippen LogP contribution in [-0.4, -0.2) is 73.3 Å². The molecule has 0 spiro atoms. The monoisotopic (exact) mass is 543 g/mol. The molecule has 1 aromatic carbocycles. The van der Waals surface area contributed by atoms with Gasteiger partial charge in [0, 0.05) is 38.8 Å². The number of ether oxygens (including phenoxy) is 1. The molecule has 7 heteroatoms. The average molecular weight is 544 g/mol. The maximum absolute atomic E-state index is 5.84. The summed E-state index contributed by atoms with van der Waals surface area (Å²) in [6, 6.07) is 9.54. The number of likely N-dealkylation sites (tertiary alicyclic amines) is 1. The standard InChI is InChI=1S/C24H41N5O.HI/c1-5-25-24(27-15-23-8-7-13-29(23)6-2)26-14-21-9-11-22(12-10-21)18-28-16-19(3)30-20(4)17-28;/h9-12,19-20,23H,5-8,13-18H2,1-4H3,(H2,25,26,27);1H. The van der Waals surface area contributed by atoms with Crippen LogP contribution in [0.5, 0.6) is 0 Å². The summed E-state index contributed by atoms with van der Waals surface area (Å²) < 4.78 is 5.84. The van der Waals surface area contributed by atoms with Crippen molar-refractivity contribution in [3.63, 3.8) is 0 Å². The normalized spacial score (nSPS) is 25.3. The van der Waals surface area contributed by atoms with Crippen molar-refractivity contribution in [1.29, 1.82) is 0 Å². The van der Waals surface area contributed by atoms with Gasteiger partial charge in [0.15, 0.2) is 5.96 Å². The zero-order valence-electron chi connectivity index (χ0n) is 19.8. The number of hydrogen-bond donors (Lipinski definition) is 2. The summed E-state index contributed by atoms with van der Waals surface area (Å²) in [6.07, 6.45) is 3.21. The zero-order chi connectivity index (χ0) is 21.3. The number of likely N-dealkylation sites (N-methyl/N-ethyl adjacent to an activating group) is 1. The van der Waals surface area contributed by atoms with Crippen molar-refractivity contribution in [1.82, 2.24) is 20.4 Å². The summed E-state index contributed by atoms with van der Waals surface area (Å²) in [5.41, 5.74) is 2.60. The topological polar surface area (TPSA) is 52.1 Å². The van der Waals surface area contributed by atoms with Gasteiger partial charge in [0.05, 0.1) is 18.8 Å². The van der Waals surface area contributed by atoms with Crippen LogP contribution in [0.2, 0.25) is 0 Å². The van der Waals surface area contributed by atoms with Gasteiger partial charge in [-0.1, -0.05) is 31.2 Å². The van der Waals surface area contributed by atoms with Gasteiger partial charge in [-0.25, -0.2) is 4.99 Å². The first-order chi connectivity index (χ1) is 14.6. The molecule has 2 aliphatic rings. The van der Waals surface area contributed by atoms with Gasteiger partial charge >= 0.3 is 0 Å². The summed E-state index contributed by atoms with van der Waals surface area (Å²) in [7, 11) is 0. The van der Waals surface area contributed by atoms with Gasteiger partial charge in [-0.3, -0.25) is 9.80 Å². The third-order valence-corrected chi connectivity index (χ3v) is 6.10. The van der Waals surface area contributed by atoms with E-state index < -0.39 is 0 Å². The largest absolute Gasteiger partial charge is 0.373 e. The summed E-state index contributed by atoms with van der Waals surface area (Å²) >= 11 is 0.